The highest BCUT2D eigenvalue weighted by Crippen LogP contribution is 2.23. The highest BCUT2D eigenvalue weighted by Gasteiger charge is 2.13. The van der Waals surface area contributed by atoms with Gasteiger partial charge in [0.1, 0.15) is 11.5 Å². The van der Waals surface area contributed by atoms with Crippen LogP contribution in [0, 0.1) is 12.7 Å². The van der Waals surface area contributed by atoms with Crippen molar-refractivity contribution in [2.24, 2.45) is 0 Å². The summed E-state index contributed by atoms with van der Waals surface area (Å²) in [6.07, 6.45) is 3.50. The van der Waals surface area contributed by atoms with Gasteiger partial charge in [-0.25, -0.2) is 14.2 Å². The SMILES string of the molecule is Cc1ccc(NC(=O)Nc2ccc(Cn3cnc(-c4nc(-c5ccc(Cl)cc5)no4)c3)cc2)cc1F. The molecule has 0 saturated heterocycles. The fraction of sp³-hybridized carbons (Fsp3) is 0.0769. The number of urea groups is 1. The van der Waals surface area contributed by atoms with Crippen LogP contribution in [0.4, 0.5) is 20.6 Å². The van der Waals surface area contributed by atoms with Crippen LogP contribution in [0.15, 0.2) is 83.8 Å². The van der Waals surface area contributed by atoms with E-state index in [1.807, 2.05) is 35.0 Å². The highest BCUT2D eigenvalue weighted by molar-refractivity contribution is 6.30. The molecule has 3 aromatic carbocycles. The van der Waals surface area contributed by atoms with Gasteiger partial charge in [-0.05, 0) is 66.6 Å². The lowest BCUT2D eigenvalue weighted by molar-refractivity contribution is 0.262. The third-order valence-corrected chi connectivity index (χ3v) is 5.64. The second kappa shape index (κ2) is 10.0. The Morgan fingerprint density at radius 3 is 2.50 bits per heavy atom. The molecule has 0 aliphatic carbocycles. The number of halogens is 2. The molecule has 0 spiro atoms. The number of amides is 2. The van der Waals surface area contributed by atoms with Crippen LogP contribution in [-0.2, 0) is 6.54 Å². The number of benzene rings is 3. The Balaban J connectivity index is 1.19. The third-order valence-electron chi connectivity index (χ3n) is 5.39. The van der Waals surface area contributed by atoms with E-state index in [0.717, 1.165) is 11.1 Å². The zero-order valence-electron chi connectivity index (χ0n) is 19.1. The van der Waals surface area contributed by atoms with Crippen LogP contribution in [0.2, 0.25) is 5.02 Å². The smallest absolute Gasteiger partial charge is 0.323 e. The topological polar surface area (TPSA) is 97.9 Å². The van der Waals surface area contributed by atoms with Crippen molar-refractivity contribution in [2.75, 3.05) is 10.6 Å². The molecule has 0 radical (unpaired) electrons. The molecule has 5 aromatic rings. The number of nitrogens with one attached hydrogen (secondary N) is 2. The predicted octanol–water partition coefficient (Wildman–Crippen LogP) is 6.39. The molecule has 36 heavy (non-hydrogen) atoms. The van der Waals surface area contributed by atoms with Crippen LogP contribution in [0.5, 0.6) is 0 Å². The maximum Gasteiger partial charge on any atom is 0.323 e. The van der Waals surface area contributed by atoms with E-state index in [1.165, 1.54) is 6.07 Å². The van der Waals surface area contributed by atoms with Crippen LogP contribution in [0.25, 0.3) is 23.0 Å². The van der Waals surface area contributed by atoms with Gasteiger partial charge in [0, 0.05) is 34.7 Å². The van der Waals surface area contributed by atoms with Crippen molar-refractivity contribution in [3.05, 3.63) is 101 Å². The van der Waals surface area contributed by atoms with E-state index in [1.54, 1.807) is 49.6 Å². The Morgan fingerprint density at radius 1 is 1.03 bits per heavy atom. The number of imidazole rings is 1. The molecule has 10 heteroatoms. The molecule has 0 bridgehead atoms. The number of aryl methyl sites for hydroxylation is 1. The maximum absolute atomic E-state index is 13.7. The van der Waals surface area contributed by atoms with Gasteiger partial charge in [-0.2, -0.15) is 4.98 Å². The molecular formula is C26H20ClFN6O2. The largest absolute Gasteiger partial charge is 0.332 e. The zero-order chi connectivity index (χ0) is 25.1. The van der Waals surface area contributed by atoms with E-state index < -0.39 is 6.03 Å². The standard InChI is InChI=1S/C26H20ClFN6O2/c1-16-2-9-21(12-22(16)28)31-26(35)30-20-10-3-17(4-11-20)13-34-14-23(29-15-34)25-32-24(33-36-25)18-5-7-19(27)8-6-18/h2-12,14-15H,13H2,1H3,(H2,30,31,35). The van der Waals surface area contributed by atoms with E-state index in [9.17, 15) is 9.18 Å². The van der Waals surface area contributed by atoms with E-state index in [2.05, 4.69) is 25.8 Å². The van der Waals surface area contributed by atoms with E-state index in [-0.39, 0.29) is 5.82 Å². The minimum atomic E-state index is -0.456. The van der Waals surface area contributed by atoms with Crippen LogP contribution < -0.4 is 10.6 Å². The third kappa shape index (κ3) is 5.42. The lowest BCUT2D eigenvalue weighted by Crippen LogP contribution is -2.19. The van der Waals surface area contributed by atoms with E-state index in [0.29, 0.717) is 45.9 Å². The maximum atomic E-state index is 13.7. The van der Waals surface area contributed by atoms with Crippen LogP contribution in [0.3, 0.4) is 0 Å². The lowest BCUT2D eigenvalue weighted by atomic mass is 10.2. The first-order valence-corrected chi connectivity index (χ1v) is 11.4. The van der Waals surface area contributed by atoms with Crippen molar-refractivity contribution in [3.8, 4) is 23.0 Å². The van der Waals surface area contributed by atoms with Crippen LogP contribution >= 0.6 is 11.6 Å². The Bertz CT molecular complexity index is 1510. The second-order valence-electron chi connectivity index (χ2n) is 8.10. The highest BCUT2D eigenvalue weighted by atomic mass is 35.5. The Kier molecular flexibility index (Phi) is 6.46. The summed E-state index contributed by atoms with van der Waals surface area (Å²) in [5, 5.41) is 10.00. The normalized spacial score (nSPS) is 10.9. The number of anilines is 2. The fourth-order valence-corrected chi connectivity index (χ4v) is 3.60. The number of hydrogen-bond acceptors (Lipinski definition) is 5. The molecule has 5 rings (SSSR count). The molecule has 2 aromatic heterocycles. The molecule has 0 unspecified atom stereocenters. The molecule has 0 aliphatic rings. The van der Waals surface area contributed by atoms with Crippen molar-refractivity contribution < 1.29 is 13.7 Å². The Morgan fingerprint density at radius 2 is 1.75 bits per heavy atom. The van der Waals surface area contributed by atoms with Gasteiger partial charge in [0.25, 0.3) is 5.89 Å². The van der Waals surface area contributed by atoms with Crippen molar-refractivity contribution in [2.45, 2.75) is 13.5 Å². The van der Waals surface area contributed by atoms with Gasteiger partial charge in [-0.15, -0.1) is 0 Å². The number of carbonyl (C=O) groups excluding carboxylic acids is 1. The first kappa shape index (κ1) is 23.3. The summed E-state index contributed by atoms with van der Waals surface area (Å²) >= 11 is 5.93. The molecule has 0 fully saturated rings. The summed E-state index contributed by atoms with van der Waals surface area (Å²) in [6, 6.07) is 18.6. The molecule has 2 N–H and O–H groups in total. The van der Waals surface area contributed by atoms with Crippen molar-refractivity contribution in [1.82, 2.24) is 19.7 Å². The first-order chi connectivity index (χ1) is 17.4. The summed E-state index contributed by atoms with van der Waals surface area (Å²) < 4.78 is 20.9. The molecule has 8 nitrogen and oxygen atoms in total. The molecule has 180 valence electrons. The zero-order valence-corrected chi connectivity index (χ0v) is 19.8. The molecule has 2 heterocycles. The molecule has 0 atom stereocenters. The van der Waals surface area contributed by atoms with Crippen LogP contribution in [0.1, 0.15) is 11.1 Å². The summed E-state index contributed by atoms with van der Waals surface area (Å²) in [6.45, 7) is 2.22. The average Bonchev–Trinajstić information content (AvgIpc) is 3.53. The van der Waals surface area contributed by atoms with Gasteiger partial charge < -0.3 is 19.7 Å². The first-order valence-electron chi connectivity index (χ1n) is 11.0. The van der Waals surface area contributed by atoms with Gasteiger partial charge in [0.2, 0.25) is 5.82 Å². The number of hydrogen-bond donors (Lipinski definition) is 2. The molecule has 2 amide bonds. The number of carbonyl (C=O) groups is 1. The molecular weight excluding hydrogens is 483 g/mol. The second-order valence-corrected chi connectivity index (χ2v) is 8.54. The van der Waals surface area contributed by atoms with Crippen molar-refractivity contribution >= 4 is 29.0 Å². The monoisotopic (exact) mass is 502 g/mol. The van der Waals surface area contributed by atoms with Gasteiger partial charge in [-0.1, -0.05) is 35.0 Å². The number of aromatic nitrogens is 4. The fourth-order valence-electron chi connectivity index (χ4n) is 3.47. The number of rotatable bonds is 6. The predicted molar refractivity (Wildman–Crippen MR) is 135 cm³/mol. The molecule has 0 aliphatic heterocycles. The average molecular weight is 503 g/mol. The van der Waals surface area contributed by atoms with Gasteiger partial charge in [-0.3, -0.25) is 0 Å². The van der Waals surface area contributed by atoms with Gasteiger partial charge in [0.05, 0.1) is 6.33 Å². The quantitative estimate of drug-likeness (QED) is 0.280. The van der Waals surface area contributed by atoms with E-state index >= 15 is 0 Å². The number of nitrogens with zero attached hydrogens (tertiary/aromatic N) is 4. The minimum Gasteiger partial charge on any atom is -0.332 e. The Labute approximate surface area is 210 Å². The summed E-state index contributed by atoms with van der Waals surface area (Å²) in [5.74, 6) is 0.398. The van der Waals surface area contributed by atoms with Crippen molar-refractivity contribution in [3.63, 3.8) is 0 Å². The summed E-state index contributed by atoms with van der Waals surface area (Å²) in [5.41, 5.74) is 3.85. The minimum absolute atomic E-state index is 0.317. The lowest BCUT2D eigenvalue weighted by Gasteiger charge is -2.09. The van der Waals surface area contributed by atoms with Gasteiger partial charge in [0.15, 0.2) is 0 Å². The molecule has 0 saturated carbocycles. The summed E-state index contributed by atoms with van der Waals surface area (Å²) in [7, 11) is 0. The Hall–Kier alpha value is -4.50. The summed E-state index contributed by atoms with van der Waals surface area (Å²) in [4.78, 5) is 21.0. The van der Waals surface area contributed by atoms with Crippen LogP contribution in [-0.4, -0.2) is 25.7 Å². The van der Waals surface area contributed by atoms with Gasteiger partial charge >= 0.3 is 6.03 Å². The van der Waals surface area contributed by atoms with E-state index in [4.69, 9.17) is 16.1 Å². The van der Waals surface area contributed by atoms with Crippen molar-refractivity contribution in [1.29, 1.82) is 0 Å².